The fraction of sp³-hybridized carbons (Fsp3) is 0.833. The van der Waals surface area contributed by atoms with Crippen LogP contribution in [0.25, 0.3) is 0 Å². The Morgan fingerprint density at radius 3 is 2.71 bits per heavy atom. The van der Waals surface area contributed by atoms with Gasteiger partial charge in [-0.15, -0.1) is 11.6 Å². The molecule has 43 valence electrons. The van der Waals surface area contributed by atoms with E-state index in [4.69, 9.17) is 11.6 Å². The molecule has 0 fully saturated rings. The molecule has 0 unspecified atom stereocenters. The maximum absolute atomic E-state index is 5.42. The van der Waals surface area contributed by atoms with Gasteiger partial charge < -0.3 is 0 Å². The van der Waals surface area contributed by atoms with Crippen LogP contribution in [0.3, 0.4) is 0 Å². The highest BCUT2D eigenvalue weighted by molar-refractivity contribution is 6.17. The van der Waals surface area contributed by atoms with E-state index in [1.165, 1.54) is 12.8 Å². The minimum absolute atomic E-state index is 0.802. The summed E-state index contributed by atoms with van der Waals surface area (Å²) < 4.78 is 0. The largest absolute Gasteiger partial charge is 0.127 e. The SMILES string of the molecule is CC[CH]CCCCl. The second-order valence-corrected chi connectivity index (χ2v) is 1.91. The predicted octanol–water partition coefficient (Wildman–Crippen LogP) is 2.62. The van der Waals surface area contributed by atoms with E-state index in [1.807, 2.05) is 0 Å². The summed E-state index contributed by atoms with van der Waals surface area (Å²) >= 11 is 5.42. The van der Waals surface area contributed by atoms with Crippen molar-refractivity contribution in [1.82, 2.24) is 0 Å². The third kappa shape index (κ3) is 6.29. The van der Waals surface area contributed by atoms with Gasteiger partial charge in [-0.1, -0.05) is 13.3 Å². The van der Waals surface area contributed by atoms with Gasteiger partial charge in [0.1, 0.15) is 0 Å². The average Bonchev–Trinajstić information content (AvgIpc) is 1.69. The number of halogens is 1. The molecule has 0 N–H and O–H groups in total. The Labute approximate surface area is 50.9 Å². The lowest BCUT2D eigenvalue weighted by Crippen LogP contribution is -1.75. The molecule has 0 heterocycles. The lowest BCUT2D eigenvalue weighted by Gasteiger charge is -1.89. The summed E-state index contributed by atoms with van der Waals surface area (Å²) in [5.41, 5.74) is 0. The zero-order valence-electron chi connectivity index (χ0n) is 4.78. The van der Waals surface area contributed by atoms with Crippen molar-refractivity contribution in [3.05, 3.63) is 6.42 Å². The van der Waals surface area contributed by atoms with Gasteiger partial charge in [0.25, 0.3) is 0 Å². The van der Waals surface area contributed by atoms with Crippen LogP contribution < -0.4 is 0 Å². The van der Waals surface area contributed by atoms with E-state index in [0.29, 0.717) is 0 Å². The first-order valence-corrected chi connectivity index (χ1v) is 3.33. The van der Waals surface area contributed by atoms with Crippen LogP contribution in [0.5, 0.6) is 0 Å². The van der Waals surface area contributed by atoms with Crippen LogP contribution in [0, 0.1) is 6.42 Å². The standard InChI is InChI=1S/C6H12Cl/c1-2-3-4-5-6-7/h3H,2,4-6H2,1H3. The Morgan fingerprint density at radius 1 is 1.57 bits per heavy atom. The summed E-state index contributed by atoms with van der Waals surface area (Å²) in [6.45, 7) is 2.15. The van der Waals surface area contributed by atoms with Gasteiger partial charge in [-0.25, -0.2) is 0 Å². The molecule has 0 aliphatic heterocycles. The molecule has 0 aromatic rings. The van der Waals surface area contributed by atoms with E-state index in [1.54, 1.807) is 0 Å². The fourth-order valence-corrected chi connectivity index (χ4v) is 0.580. The van der Waals surface area contributed by atoms with Gasteiger partial charge in [0, 0.05) is 5.88 Å². The Kier molecular flexibility index (Phi) is 6.55. The number of unbranched alkanes of at least 4 members (excludes halogenated alkanes) is 3. The zero-order chi connectivity index (χ0) is 5.54. The van der Waals surface area contributed by atoms with E-state index in [2.05, 4.69) is 13.3 Å². The monoisotopic (exact) mass is 119 g/mol. The number of rotatable bonds is 4. The lowest BCUT2D eigenvalue weighted by atomic mass is 10.2. The van der Waals surface area contributed by atoms with Crippen molar-refractivity contribution in [3.8, 4) is 0 Å². The molecule has 0 aliphatic carbocycles. The third-order valence-corrected chi connectivity index (χ3v) is 1.10. The highest BCUT2D eigenvalue weighted by Gasteiger charge is 1.81. The van der Waals surface area contributed by atoms with Crippen molar-refractivity contribution in [3.63, 3.8) is 0 Å². The van der Waals surface area contributed by atoms with Crippen molar-refractivity contribution in [2.24, 2.45) is 0 Å². The van der Waals surface area contributed by atoms with E-state index in [0.717, 1.165) is 12.3 Å². The third-order valence-electron chi connectivity index (χ3n) is 0.831. The summed E-state index contributed by atoms with van der Waals surface area (Å²) in [6.07, 6.45) is 5.74. The van der Waals surface area contributed by atoms with Crippen LogP contribution in [-0.4, -0.2) is 5.88 Å². The second-order valence-electron chi connectivity index (χ2n) is 1.53. The van der Waals surface area contributed by atoms with Gasteiger partial charge in [0.05, 0.1) is 0 Å². The predicted molar refractivity (Wildman–Crippen MR) is 34.5 cm³/mol. The molecule has 1 radical (unpaired) electrons. The summed E-state index contributed by atoms with van der Waals surface area (Å²) in [5, 5.41) is 0. The molecule has 0 aliphatic rings. The Balaban J connectivity index is 2.45. The lowest BCUT2D eigenvalue weighted by molar-refractivity contribution is 0.857. The summed E-state index contributed by atoms with van der Waals surface area (Å²) in [6, 6.07) is 0. The highest BCUT2D eigenvalue weighted by atomic mass is 35.5. The summed E-state index contributed by atoms with van der Waals surface area (Å²) in [7, 11) is 0. The normalized spacial score (nSPS) is 9.43. The Bertz CT molecular complexity index is 23.4. The van der Waals surface area contributed by atoms with Crippen LogP contribution >= 0.6 is 11.6 Å². The smallest absolute Gasteiger partial charge is 0.0223 e. The van der Waals surface area contributed by atoms with Gasteiger partial charge in [-0.2, -0.15) is 0 Å². The topological polar surface area (TPSA) is 0 Å². The Hall–Kier alpha value is 0.290. The Morgan fingerprint density at radius 2 is 2.29 bits per heavy atom. The van der Waals surface area contributed by atoms with Crippen LogP contribution in [-0.2, 0) is 0 Å². The van der Waals surface area contributed by atoms with Crippen molar-refractivity contribution >= 4 is 11.6 Å². The second kappa shape index (κ2) is 6.29. The van der Waals surface area contributed by atoms with Crippen LogP contribution in [0.4, 0.5) is 0 Å². The van der Waals surface area contributed by atoms with E-state index < -0.39 is 0 Å². The highest BCUT2D eigenvalue weighted by Crippen LogP contribution is 1.97. The first-order chi connectivity index (χ1) is 3.41. The molecule has 0 saturated carbocycles. The molecule has 0 rings (SSSR count). The van der Waals surface area contributed by atoms with Gasteiger partial charge in [0.15, 0.2) is 0 Å². The molecule has 0 bridgehead atoms. The molecule has 0 saturated heterocycles. The molecule has 0 aromatic carbocycles. The number of hydrogen-bond acceptors (Lipinski definition) is 0. The molecular weight excluding hydrogens is 108 g/mol. The molecule has 1 heteroatoms. The molecular formula is C6H12Cl. The fourth-order valence-electron chi connectivity index (χ4n) is 0.426. The zero-order valence-corrected chi connectivity index (χ0v) is 5.54. The molecule has 0 spiro atoms. The van der Waals surface area contributed by atoms with Crippen molar-refractivity contribution < 1.29 is 0 Å². The molecule has 0 atom stereocenters. The van der Waals surface area contributed by atoms with Gasteiger partial charge in [-0.05, 0) is 19.3 Å². The molecule has 7 heavy (non-hydrogen) atoms. The van der Waals surface area contributed by atoms with Gasteiger partial charge in [0.2, 0.25) is 0 Å². The van der Waals surface area contributed by atoms with Crippen LogP contribution in [0.1, 0.15) is 26.2 Å². The van der Waals surface area contributed by atoms with E-state index >= 15 is 0 Å². The average molecular weight is 120 g/mol. The quantitative estimate of drug-likeness (QED) is 0.394. The minimum Gasteiger partial charge on any atom is -0.127 e. The molecule has 0 nitrogen and oxygen atoms in total. The number of hydrogen-bond donors (Lipinski definition) is 0. The summed E-state index contributed by atoms with van der Waals surface area (Å²) in [5.74, 6) is 0.802. The van der Waals surface area contributed by atoms with Gasteiger partial charge >= 0.3 is 0 Å². The van der Waals surface area contributed by atoms with E-state index in [-0.39, 0.29) is 0 Å². The van der Waals surface area contributed by atoms with E-state index in [9.17, 15) is 0 Å². The first kappa shape index (κ1) is 7.29. The maximum atomic E-state index is 5.42. The van der Waals surface area contributed by atoms with Crippen molar-refractivity contribution in [2.75, 3.05) is 5.88 Å². The summed E-state index contributed by atoms with van der Waals surface area (Å²) in [4.78, 5) is 0. The number of alkyl halides is 1. The van der Waals surface area contributed by atoms with Crippen LogP contribution in [0.15, 0.2) is 0 Å². The molecule has 0 amide bonds. The minimum atomic E-state index is 0.802. The van der Waals surface area contributed by atoms with Crippen LogP contribution in [0.2, 0.25) is 0 Å². The van der Waals surface area contributed by atoms with Crippen molar-refractivity contribution in [1.29, 1.82) is 0 Å². The maximum Gasteiger partial charge on any atom is 0.0223 e. The van der Waals surface area contributed by atoms with Crippen molar-refractivity contribution in [2.45, 2.75) is 26.2 Å². The van der Waals surface area contributed by atoms with Gasteiger partial charge in [-0.3, -0.25) is 0 Å². The first-order valence-electron chi connectivity index (χ1n) is 2.79. The molecule has 0 aromatic heterocycles.